The van der Waals surface area contributed by atoms with Crippen LogP contribution in [-0.4, -0.2) is 18.1 Å². The van der Waals surface area contributed by atoms with E-state index in [0.29, 0.717) is 0 Å². The molecule has 0 saturated heterocycles. The van der Waals surface area contributed by atoms with Crippen molar-refractivity contribution in [2.75, 3.05) is 12.4 Å². The number of nitriles is 1. The molecule has 6 heteroatoms. The van der Waals surface area contributed by atoms with Crippen molar-refractivity contribution in [2.24, 2.45) is 0 Å². The standard InChI is InChI=1S/C15H12FN3O2/c1-9-3-6-13(12(16)7-9)19-14-11(15(20)21-2)5-4-10(8-17)18-14/h3-7H,1-2H3,(H,18,19). The molecule has 1 aromatic carbocycles. The topological polar surface area (TPSA) is 75.0 Å². The zero-order chi connectivity index (χ0) is 15.4. The van der Waals surface area contributed by atoms with E-state index in [9.17, 15) is 9.18 Å². The number of ether oxygens (including phenoxy) is 1. The van der Waals surface area contributed by atoms with Crippen LogP contribution in [-0.2, 0) is 4.74 Å². The molecular weight excluding hydrogens is 273 g/mol. The van der Waals surface area contributed by atoms with Gasteiger partial charge in [0.25, 0.3) is 0 Å². The first kappa shape index (κ1) is 14.5. The minimum absolute atomic E-state index is 0.0728. The highest BCUT2D eigenvalue weighted by atomic mass is 19.1. The molecule has 0 amide bonds. The Bertz CT molecular complexity index is 738. The maximum absolute atomic E-state index is 13.9. The van der Waals surface area contributed by atoms with E-state index in [0.717, 1.165) is 5.56 Å². The van der Waals surface area contributed by atoms with E-state index in [1.54, 1.807) is 13.0 Å². The monoisotopic (exact) mass is 285 g/mol. The number of carbonyl (C=O) groups excluding carboxylic acids is 1. The number of benzene rings is 1. The first-order valence-corrected chi connectivity index (χ1v) is 6.08. The predicted molar refractivity (Wildman–Crippen MR) is 74.7 cm³/mol. The molecule has 21 heavy (non-hydrogen) atoms. The number of nitrogens with one attached hydrogen (secondary N) is 1. The number of aryl methyl sites for hydroxylation is 1. The first-order chi connectivity index (χ1) is 10.0. The highest BCUT2D eigenvalue weighted by Gasteiger charge is 2.15. The summed E-state index contributed by atoms with van der Waals surface area (Å²) in [6, 6.07) is 9.27. The highest BCUT2D eigenvalue weighted by molar-refractivity contribution is 5.95. The van der Waals surface area contributed by atoms with Gasteiger partial charge in [0.1, 0.15) is 29.0 Å². The average molecular weight is 285 g/mol. The van der Waals surface area contributed by atoms with Crippen LogP contribution in [0.4, 0.5) is 15.9 Å². The van der Waals surface area contributed by atoms with Gasteiger partial charge in [0.15, 0.2) is 0 Å². The number of hydrogen-bond donors (Lipinski definition) is 1. The Balaban J connectivity index is 2.46. The second-order valence-corrected chi connectivity index (χ2v) is 4.30. The van der Waals surface area contributed by atoms with Gasteiger partial charge in [-0.15, -0.1) is 0 Å². The molecule has 0 radical (unpaired) electrons. The van der Waals surface area contributed by atoms with E-state index < -0.39 is 11.8 Å². The summed E-state index contributed by atoms with van der Waals surface area (Å²) in [4.78, 5) is 15.7. The van der Waals surface area contributed by atoms with Gasteiger partial charge in [-0.25, -0.2) is 14.2 Å². The number of rotatable bonds is 3. The lowest BCUT2D eigenvalue weighted by Gasteiger charge is -2.11. The van der Waals surface area contributed by atoms with Crippen molar-refractivity contribution < 1.29 is 13.9 Å². The minimum Gasteiger partial charge on any atom is -0.465 e. The second kappa shape index (κ2) is 6.01. The number of pyridine rings is 1. The van der Waals surface area contributed by atoms with Crippen LogP contribution >= 0.6 is 0 Å². The molecule has 106 valence electrons. The second-order valence-electron chi connectivity index (χ2n) is 4.30. The minimum atomic E-state index is -0.623. The van der Waals surface area contributed by atoms with Crippen LogP contribution in [0.3, 0.4) is 0 Å². The fourth-order valence-electron chi connectivity index (χ4n) is 1.74. The Morgan fingerprint density at radius 1 is 1.38 bits per heavy atom. The molecule has 0 aliphatic carbocycles. The Hall–Kier alpha value is -2.94. The van der Waals surface area contributed by atoms with Crippen molar-refractivity contribution in [3.63, 3.8) is 0 Å². The van der Waals surface area contributed by atoms with Crippen LogP contribution in [0.1, 0.15) is 21.6 Å². The summed E-state index contributed by atoms with van der Waals surface area (Å²) in [7, 11) is 1.23. The van der Waals surface area contributed by atoms with Gasteiger partial charge in [-0.2, -0.15) is 5.26 Å². The molecule has 0 bridgehead atoms. The Kier molecular flexibility index (Phi) is 4.14. The molecule has 5 nitrogen and oxygen atoms in total. The molecule has 0 atom stereocenters. The van der Waals surface area contributed by atoms with Crippen LogP contribution in [0.25, 0.3) is 0 Å². The molecule has 0 fully saturated rings. The van der Waals surface area contributed by atoms with Gasteiger partial charge in [0.05, 0.1) is 12.8 Å². The number of carbonyl (C=O) groups is 1. The highest BCUT2D eigenvalue weighted by Crippen LogP contribution is 2.23. The Labute approximate surface area is 121 Å². The Morgan fingerprint density at radius 3 is 2.76 bits per heavy atom. The third-order valence-electron chi connectivity index (χ3n) is 2.79. The van der Waals surface area contributed by atoms with Gasteiger partial charge < -0.3 is 10.1 Å². The van der Waals surface area contributed by atoms with Crippen molar-refractivity contribution in [3.8, 4) is 6.07 Å². The molecule has 0 unspecified atom stereocenters. The SMILES string of the molecule is COC(=O)c1ccc(C#N)nc1Nc1ccc(C)cc1F. The summed E-state index contributed by atoms with van der Waals surface area (Å²) in [5, 5.41) is 11.6. The molecule has 0 saturated carbocycles. The third kappa shape index (κ3) is 3.15. The number of halogens is 1. The van der Waals surface area contributed by atoms with Crippen LogP contribution in [0.2, 0.25) is 0 Å². The molecule has 2 rings (SSSR count). The lowest BCUT2D eigenvalue weighted by atomic mass is 10.2. The fourth-order valence-corrected chi connectivity index (χ4v) is 1.74. The lowest BCUT2D eigenvalue weighted by Crippen LogP contribution is -2.08. The van der Waals surface area contributed by atoms with Gasteiger partial charge in [-0.05, 0) is 36.8 Å². The van der Waals surface area contributed by atoms with E-state index in [-0.39, 0.29) is 22.8 Å². The third-order valence-corrected chi connectivity index (χ3v) is 2.79. The van der Waals surface area contributed by atoms with Gasteiger partial charge in [-0.3, -0.25) is 0 Å². The summed E-state index contributed by atoms with van der Waals surface area (Å²) in [5.41, 5.74) is 1.16. The van der Waals surface area contributed by atoms with E-state index >= 15 is 0 Å². The van der Waals surface area contributed by atoms with E-state index in [2.05, 4.69) is 15.0 Å². The van der Waals surface area contributed by atoms with Crippen molar-refractivity contribution in [1.29, 1.82) is 5.26 Å². The average Bonchev–Trinajstić information content (AvgIpc) is 2.49. The van der Waals surface area contributed by atoms with Crippen molar-refractivity contribution in [2.45, 2.75) is 6.92 Å². The molecule has 1 heterocycles. The first-order valence-electron chi connectivity index (χ1n) is 6.08. The maximum atomic E-state index is 13.9. The van der Waals surface area contributed by atoms with E-state index in [1.165, 1.54) is 31.4 Å². The van der Waals surface area contributed by atoms with Gasteiger partial charge in [0.2, 0.25) is 0 Å². The largest absolute Gasteiger partial charge is 0.465 e. The van der Waals surface area contributed by atoms with Gasteiger partial charge >= 0.3 is 5.97 Å². The zero-order valence-electron chi connectivity index (χ0n) is 11.5. The smallest absolute Gasteiger partial charge is 0.341 e. The van der Waals surface area contributed by atoms with Crippen molar-refractivity contribution in [3.05, 3.63) is 53.0 Å². The zero-order valence-corrected chi connectivity index (χ0v) is 11.5. The molecule has 1 aromatic heterocycles. The molecule has 0 aliphatic rings. The Morgan fingerprint density at radius 2 is 2.14 bits per heavy atom. The summed E-state index contributed by atoms with van der Waals surface area (Å²) < 4.78 is 18.5. The van der Waals surface area contributed by atoms with Crippen LogP contribution in [0.15, 0.2) is 30.3 Å². The van der Waals surface area contributed by atoms with Crippen molar-refractivity contribution in [1.82, 2.24) is 4.98 Å². The van der Waals surface area contributed by atoms with E-state index in [4.69, 9.17) is 5.26 Å². The number of methoxy groups -OCH3 is 1. The number of esters is 1. The number of aromatic nitrogens is 1. The molecule has 1 N–H and O–H groups in total. The molecular formula is C15H12FN3O2. The molecule has 2 aromatic rings. The van der Waals surface area contributed by atoms with Gasteiger partial charge in [-0.1, -0.05) is 6.07 Å². The predicted octanol–water partition coefficient (Wildman–Crippen LogP) is 2.93. The summed E-state index contributed by atoms with van der Waals surface area (Å²) >= 11 is 0. The number of hydrogen-bond acceptors (Lipinski definition) is 5. The summed E-state index contributed by atoms with van der Waals surface area (Å²) in [6.07, 6.45) is 0. The molecule has 0 spiro atoms. The fraction of sp³-hybridized carbons (Fsp3) is 0.133. The maximum Gasteiger partial charge on any atom is 0.341 e. The van der Waals surface area contributed by atoms with Crippen molar-refractivity contribution >= 4 is 17.5 Å². The van der Waals surface area contributed by atoms with E-state index in [1.807, 2.05) is 6.07 Å². The summed E-state index contributed by atoms with van der Waals surface area (Å²) in [6.45, 7) is 1.77. The summed E-state index contributed by atoms with van der Waals surface area (Å²) in [5.74, 6) is -1.03. The normalized spacial score (nSPS) is 9.81. The number of nitrogens with zero attached hydrogens (tertiary/aromatic N) is 2. The van der Waals surface area contributed by atoms with Gasteiger partial charge in [0, 0.05) is 0 Å². The van der Waals surface area contributed by atoms with Crippen LogP contribution in [0.5, 0.6) is 0 Å². The van der Waals surface area contributed by atoms with Crippen LogP contribution in [0, 0.1) is 24.1 Å². The quantitative estimate of drug-likeness (QED) is 0.877. The van der Waals surface area contributed by atoms with Crippen LogP contribution < -0.4 is 5.32 Å². The molecule has 0 aliphatic heterocycles. The lowest BCUT2D eigenvalue weighted by molar-refractivity contribution is 0.0601. The number of anilines is 2.